The molecule has 0 aliphatic carbocycles. The molecule has 10 nitrogen and oxygen atoms in total. The number of pyridine rings is 1. The molecule has 3 heterocycles. The van der Waals surface area contributed by atoms with Gasteiger partial charge in [-0.25, -0.2) is 9.48 Å². The van der Waals surface area contributed by atoms with Gasteiger partial charge < -0.3 is 9.41 Å². The van der Waals surface area contributed by atoms with Crippen LogP contribution in [0.25, 0.3) is 27.3 Å². The maximum absolute atomic E-state index is 12.7. The molecule has 5 rings (SSSR count). The van der Waals surface area contributed by atoms with Crippen LogP contribution in [0.5, 0.6) is 0 Å². The molecule has 36 heavy (non-hydrogen) atoms. The molecule has 0 saturated heterocycles. The lowest BCUT2D eigenvalue weighted by atomic mass is 10.1. The van der Waals surface area contributed by atoms with Crippen molar-refractivity contribution in [1.82, 2.24) is 29.1 Å². The van der Waals surface area contributed by atoms with Gasteiger partial charge in [0, 0.05) is 6.07 Å². The largest absolute Gasteiger partial charge is 0.365 e. The van der Waals surface area contributed by atoms with E-state index in [-0.39, 0.29) is 21.3 Å². The molecule has 0 amide bonds. The van der Waals surface area contributed by atoms with E-state index in [1.165, 1.54) is 22.9 Å². The van der Waals surface area contributed by atoms with Crippen molar-refractivity contribution in [1.29, 1.82) is 0 Å². The summed E-state index contributed by atoms with van der Waals surface area (Å²) >= 11 is 13.1. The first-order valence-electron chi connectivity index (χ1n) is 10.5. The van der Waals surface area contributed by atoms with Crippen LogP contribution in [0.4, 0.5) is 5.82 Å². The molecular formula is C24H15Cl2N7O3. The molecule has 0 unspecified atom stereocenters. The van der Waals surface area contributed by atoms with Gasteiger partial charge in [0.05, 0.1) is 39.5 Å². The molecule has 178 valence electrons. The molecule has 0 aliphatic heterocycles. The zero-order valence-electron chi connectivity index (χ0n) is 18.6. The third kappa shape index (κ3) is 4.00. The van der Waals surface area contributed by atoms with E-state index >= 15 is 0 Å². The summed E-state index contributed by atoms with van der Waals surface area (Å²) in [6.07, 6.45) is 1.56. The highest BCUT2D eigenvalue weighted by Gasteiger charge is 2.19. The summed E-state index contributed by atoms with van der Waals surface area (Å²) in [5.41, 5.74) is 1.79. The average Bonchev–Trinajstić information content (AvgIpc) is 3.25. The summed E-state index contributed by atoms with van der Waals surface area (Å²) < 4.78 is 3.94. The van der Waals surface area contributed by atoms with E-state index in [0.717, 1.165) is 15.8 Å². The van der Waals surface area contributed by atoms with Gasteiger partial charge in [-0.05, 0) is 35.8 Å². The van der Waals surface area contributed by atoms with Gasteiger partial charge >= 0.3 is 11.5 Å². The molecule has 1 N–H and O–H groups in total. The second kappa shape index (κ2) is 8.96. The SMILES string of the molecule is [C-]#[N+]c1nn(-c2cc(Cl)c(-n3ncc4c3ccc(=O)n4Cc3ccc(C)cc3)c(Cl)c2)c(=O)[nH]c1=O. The van der Waals surface area contributed by atoms with Crippen LogP contribution < -0.4 is 16.8 Å². The Kier molecular flexibility index (Phi) is 5.80. The van der Waals surface area contributed by atoms with Crippen molar-refractivity contribution in [3.05, 3.63) is 119 Å². The van der Waals surface area contributed by atoms with Gasteiger partial charge in [0.15, 0.2) is 0 Å². The van der Waals surface area contributed by atoms with E-state index in [4.69, 9.17) is 29.8 Å². The zero-order chi connectivity index (χ0) is 25.6. The van der Waals surface area contributed by atoms with E-state index in [1.807, 2.05) is 36.2 Å². The Bertz CT molecular complexity index is 1850. The summed E-state index contributed by atoms with van der Waals surface area (Å²) in [5.74, 6) is -0.504. The highest BCUT2D eigenvalue weighted by Crippen LogP contribution is 2.33. The van der Waals surface area contributed by atoms with Crippen molar-refractivity contribution < 1.29 is 0 Å². The quantitative estimate of drug-likeness (QED) is 0.364. The molecule has 0 bridgehead atoms. The first-order chi connectivity index (χ1) is 17.3. The van der Waals surface area contributed by atoms with Crippen molar-refractivity contribution >= 4 is 40.1 Å². The van der Waals surface area contributed by atoms with Crippen molar-refractivity contribution in [2.24, 2.45) is 0 Å². The van der Waals surface area contributed by atoms with Crippen LogP contribution in [0.1, 0.15) is 11.1 Å². The van der Waals surface area contributed by atoms with Gasteiger partial charge in [0.2, 0.25) is 0 Å². The number of H-pyrrole nitrogens is 1. The third-order valence-corrected chi connectivity index (χ3v) is 6.14. The highest BCUT2D eigenvalue weighted by molar-refractivity contribution is 6.38. The summed E-state index contributed by atoms with van der Waals surface area (Å²) in [6, 6.07) is 13.8. The number of fused-ring (bicyclic) bond motifs is 1. The minimum Gasteiger partial charge on any atom is -0.354 e. The molecule has 0 saturated carbocycles. The fraction of sp³-hybridized carbons (Fsp3) is 0.0833. The van der Waals surface area contributed by atoms with Gasteiger partial charge in [-0.3, -0.25) is 14.6 Å². The van der Waals surface area contributed by atoms with Gasteiger partial charge in [-0.15, -0.1) is 4.68 Å². The average molecular weight is 520 g/mol. The maximum atomic E-state index is 12.7. The van der Waals surface area contributed by atoms with E-state index in [9.17, 15) is 14.4 Å². The Labute approximate surface area is 212 Å². The zero-order valence-corrected chi connectivity index (χ0v) is 20.1. The number of hydrogen-bond acceptors (Lipinski definition) is 5. The lowest BCUT2D eigenvalue weighted by Gasteiger charge is -2.12. The number of rotatable bonds is 4. The van der Waals surface area contributed by atoms with Crippen molar-refractivity contribution in [2.75, 3.05) is 0 Å². The number of nitrogens with zero attached hydrogens (tertiary/aromatic N) is 6. The van der Waals surface area contributed by atoms with Crippen molar-refractivity contribution in [3.8, 4) is 11.4 Å². The van der Waals surface area contributed by atoms with E-state index in [1.54, 1.807) is 16.8 Å². The topological polar surface area (TPSA) is 112 Å². The number of hydrogen-bond donors (Lipinski definition) is 1. The normalized spacial score (nSPS) is 11.1. The van der Waals surface area contributed by atoms with Crippen LogP contribution in [-0.4, -0.2) is 29.1 Å². The van der Waals surface area contributed by atoms with Crippen LogP contribution >= 0.6 is 23.2 Å². The molecule has 12 heteroatoms. The summed E-state index contributed by atoms with van der Waals surface area (Å²) in [4.78, 5) is 41.7. The fourth-order valence-corrected chi connectivity index (χ4v) is 4.44. The number of benzene rings is 2. The Morgan fingerprint density at radius 1 is 0.972 bits per heavy atom. The van der Waals surface area contributed by atoms with Gasteiger partial charge in [-0.1, -0.05) is 59.6 Å². The standard InChI is InChI=1S/C24H15Cl2N7O3/c1-13-3-5-14(6-4-13)12-31-19-11-28-33(18(19)7-8-20(31)34)21-16(25)9-15(10-17(21)26)32-24(36)29-23(35)22(27-2)30-32/h3-11H,12H2,1H3,(H,29,35,36). The van der Waals surface area contributed by atoms with E-state index in [0.29, 0.717) is 23.3 Å². The van der Waals surface area contributed by atoms with Crippen LogP contribution in [0, 0.1) is 13.5 Å². The Morgan fingerprint density at radius 2 is 1.67 bits per heavy atom. The predicted octanol–water partition coefficient (Wildman–Crippen LogP) is 3.64. The van der Waals surface area contributed by atoms with Gasteiger partial charge in [0.25, 0.3) is 11.1 Å². The first kappa shape index (κ1) is 23.3. The number of aromatic nitrogens is 6. The molecule has 0 aliphatic rings. The second-order valence-electron chi connectivity index (χ2n) is 7.93. The first-order valence-corrected chi connectivity index (χ1v) is 11.3. The molecule has 0 fully saturated rings. The highest BCUT2D eigenvalue weighted by atomic mass is 35.5. The minimum atomic E-state index is -0.889. The van der Waals surface area contributed by atoms with Crippen molar-refractivity contribution in [3.63, 3.8) is 0 Å². The minimum absolute atomic E-state index is 0.128. The van der Waals surface area contributed by atoms with Crippen LogP contribution in [0.15, 0.2) is 69.1 Å². The summed E-state index contributed by atoms with van der Waals surface area (Å²) in [6.45, 7) is 9.40. The van der Waals surface area contributed by atoms with Gasteiger partial charge in [0.1, 0.15) is 5.69 Å². The summed E-state index contributed by atoms with van der Waals surface area (Å²) in [7, 11) is 0. The number of halogens is 2. The smallest absolute Gasteiger partial charge is 0.354 e. The lowest BCUT2D eigenvalue weighted by molar-refractivity contribution is 0.761. The predicted molar refractivity (Wildman–Crippen MR) is 136 cm³/mol. The Morgan fingerprint density at radius 3 is 2.33 bits per heavy atom. The molecule has 3 aromatic heterocycles. The molecule has 0 atom stereocenters. The molecule has 0 radical (unpaired) electrons. The van der Waals surface area contributed by atoms with Crippen LogP contribution in [0.2, 0.25) is 10.0 Å². The fourth-order valence-electron chi connectivity index (χ4n) is 3.81. The van der Waals surface area contributed by atoms with E-state index < -0.39 is 17.1 Å². The molecule has 2 aromatic carbocycles. The third-order valence-electron chi connectivity index (χ3n) is 5.56. The monoisotopic (exact) mass is 519 g/mol. The second-order valence-corrected chi connectivity index (χ2v) is 8.75. The number of aromatic amines is 1. The molecule has 0 spiro atoms. The summed E-state index contributed by atoms with van der Waals surface area (Å²) in [5, 5.41) is 8.46. The Hall–Kier alpha value is -4.46. The number of nitrogens with one attached hydrogen (secondary N) is 1. The van der Waals surface area contributed by atoms with Gasteiger partial charge in [-0.2, -0.15) is 5.10 Å². The van der Waals surface area contributed by atoms with Crippen LogP contribution in [-0.2, 0) is 6.54 Å². The van der Waals surface area contributed by atoms with E-state index in [2.05, 4.69) is 15.0 Å². The lowest BCUT2D eigenvalue weighted by Crippen LogP contribution is -2.30. The molecule has 5 aromatic rings. The maximum Gasteiger partial charge on any atom is 0.365 e. The number of aryl methyl sites for hydroxylation is 1. The Balaban J connectivity index is 1.63. The molecular weight excluding hydrogens is 505 g/mol. The van der Waals surface area contributed by atoms with Crippen molar-refractivity contribution in [2.45, 2.75) is 13.5 Å². The van der Waals surface area contributed by atoms with Crippen LogP contribution in [0.3, 0.4) is 0 Å².